The molecule has 0 bridgehead atoms. The summed E-state index contributed by atoms with van der Waals surface area (Å²) in [4.78, 5) is 24.0. The number of thioether (sulfide) groups is 1. The molecule has 0 aromatic heterocycles. The third-order valence-corrected chi connectivity index (χ3v) is 3.88. The summed E-state index contributed by atoms with van der Waals surface area (Å²) in [5.41, 5.74) is 0.911. The first-order valence-corrected chi connectivity index (χ1v) is 6.26. The van der Waals surface area contributed by atoms with Crippen LogP contribution < -0.4 is 0 Å². The Labute approximate surface area is 98.0 Å². The van der Waals surface area contributed by atoms with Crippen molar-refractivity contribution in [2.75, 3.05) is 5.75 Å². The average molecular weight is 239 g/mol. The van der Waals surface area contributed by atoms with Crippen LogP contribution in [0, 0.1) is 0 Å². The number of nitrogens with zero attached hydrogens (tertiary/aromatic N) is 1. The second kappa shape index (κ2) is 4.33. The highest BCUT2D eigenvalue weighted by atomic mass is 32.2. The van der Waals surface area contributed by atoms with Crippen molar-refractivity contribution >= 4 is 23.6 Å². The number of aliphatic carboxylic acids is 1. The normalized spacial score (nSPS) is 24.7. The maximum absolute atomic E-state index is 11.4. The van der Waals surface area contributed by atoms with Gasteiger partial charge in [0, 0.05) is 5.75 Å². The van der Waals surface area contributed by atoms with E-state index in [4.69, 9.17) is 5.11 Å². The summed E-state index contributed by atoms with van der Waals surface area (Å²) in [7, 11) is 0. The van der Waals surface area contributed by atoms with E-state index in [1.807, 2.05) is 19.1 Å². The Morgan fingerprint density at radius 2 is 2.44 bits per heavy atom. The molecule has 86 valence electrons. The molecule has 0 aromatic carbocycles. The van der Waals surface area contributed by atoms with Crippen LogP contribution in [0.25, 0.3) is 0 Å². The van der Waals surface area contributed by atoms with Crippen molar-refractivity contribution in [2.24, 2.45) is 0 Å². The summed E-state index contributed by atoms with van der Waals surface area (Å²) >= 11 is 1.63. The molecule has 0 radical (unpaired) electrons. The fourth-order valence-electron chi connectivity index (χ4n) is 1.83. The summed E-state index contributed by atoms with van der Waals surface area (Å²) in [5, 5.41) is 9.19. The highest BCUT2D eigenvalue weighted by molar-refractivity contribution is 8.00. The fraction of sp³-hybridized carbons (Fsp3) is 0.455. The molecular formula is C11H13NO3S. The number of carboxylic acids is 1. The Morgan fingerprint density at radius 1 is 1.69 bits per heavy atom. The van der Waals surface area contributed by atoms with Crippen LogP contribution in [0.1, 0.15) is 19.8 Å². The number of allylic oxidation sites excluding steroid dienone is 2. The lowest BCUT2D eigenvalue weighted by atomic mass is 10.1. The molecule has 1 fully saturated rings. The van der Waals surface area contributed by atoms with E-state index < -0.39 is 5.97 Å². The van der Waals surface area contributed by atoms with E-state index in [1.165, 1.54) is 4.90 Å². The number of carbonyl (C=O) groups excluding carboxylic acids is 1. The summed E-state index contributed by atoms with van der Waals surface area (Å²) in [5.74, 6) is -0.418. The minimum Gasteiger partial charge on any atom is -0.477 e. The molecular weight excluding hydrogens is 226 g/mol. The van der Waals surface area contributed by atoms with Gasteiger partial charge in [0.25, 0.3) is 0 Å². The van der Waals surface area contributed by atoms with Crippen molar-refractivity contribution in [3.63, 3.8) is 0 Å². The molecule has 2 heterocycles. The minimum atomic E-state index is -1.01. The van der Waals surface area contributed by atoms with Gasteiger partial charge in [0.1, 0.15) is 5.70 Å². The number of hydrogen-bond donors (Lipinski definition) is 1. The van der Waals surface area contributed by atoms with E-state index in [0.717, 1.165) is 12.0 Å². The Balaban J connectivity index is 2.35. The van der Waals surface area contributed by atoms with Crippen LogP contribution in [0.15, 0.2) is 23.4 Å². The van der Waals surface area contributed by atoms with Crippen LogP contribution >= 0.6 is 11.8 Å². The van der Waals surface area contributed by atoms with Crippen LogP contribution in [0.2, 0.25) is 0 Å². The first-order valence-electron chi connectivity index (χ1n) is 5.21. The lowest BCUT2D eigenvalue weighted by Crippen LogP contribution is -2.53. The van der Waals surface area contributed by atoms with Gasteiger partial charge in [0.2, 0.25) is 5.91 Å². The number of amides is 1. The second-order valence-corrected chi connectivity index (χ2v) is 4.89. The molecule has 2 aliphatic heterocycles. The van der Waals surface area contributed by atoms with Crippen LogP contribution in [0.5, 0.6) is 0 Å². The van der Waals surface area contributed by atoms with Gasteiger partial charge in [-0.3, -0.25) is 9.69 Å². The van der Waals surface area contributed by atoms with Crippen molar-refractivity contribution in [1.29, 1.82) is 0 Å². The van der Waals surface area contributed by atoms with Crippen molar-refractivity contribution in [2.45, 2.75) is 25.1 Å². The van der Waals surface area contributed by atoms with Crippen molar-refractivity contribution in [3.8, 4) is 0 Å². The number of carboxylic acid groups (broad SMARTS) is 1. The molecule has 5 heteroatoms. The van der Waals surface area contributed by atoms with Gasteiger partial charge >= 0.3 is 5.97 Å². The second-order valence-electron chi connectivity index (χ2n) is 3.72. The highest BCUT2D eigenvalue weighted by Crippen LogP contribution is 2.40. The number of β-lactam (4-membered cyclic amide) rings is 1. The van der Waals surface area contributed by atoms with Crippen molar-refractivity contribution in [3.05, 3.63) is 23.4 Å². The predicted molar refractivity (Wildman–Crippen MR) is 61.8 cm³/mol. The predicted octanol–water partition coefficient (Wildman–Crippen LogP) is 1.60. The zero-order valence-electron chi connectivity index (χ0n) is 8.97. The third-order valence-electron chi connectivity index (χ3n) is 2.64. The lowest BCUT2D eigenvalue weighted by Gasteiger charge is -2.43. The van der Waals surface area contributed by atoms with Gasteiger partial charge < -0.3 is 5.11 Å². The molecule has 2 rings (SSSR count). The number of rotatable bonds is 3. The first-order chi connectivity index (χ1) is 7.65. The number of carbonyl (C=O) groups is 2. The van der Waals surface area contributed by atoms with Gasteiger partial charge in [-0.05, 0) is 12.0 Å². The topological polar surface area (TPSA) is 57.6 Å². The fourth-order valence-corrected chi connectivity index (χ4v) is 3.06. The van der Waals surface area contributed by atoms with E-state index in [2.05, 4.69) is 0 Å². The van der Waals surface area contributed by atoms with Gasteiger partial charge in [-0.1, -0.05) is 19.1 Å². The monoisotopic (exact) mass is 239 g/mol. The van der Waals surface area contributed by atoms with Gasteiger partial charge in [-0.2, -0.15) is 0 Å². The van der Waals surface area contributed by atoms with Gasteiger partial charge in [0.15, 0.2) is 0 Å². The molecule has 0 unspecified atom stereocenters. The molecule has 0 aliphatic carbocycles. The zero-order chi connectivity index (χ0) is 11.7. The van der Waals surface area contributed by atoms with Crippen molar-refractivity contribution in [1.82, 2.24) is 4.90 Å². The Kier molecular flexibility index (Phi) is 3.05. The molecule has 0 saturated carbocycles. The molecule has 1 atom stereocenters. The molecule has 4 nitrogen and oxygen atoms in total. The van der Waals surface area contributed by atoms with Crippen LogP contribution in [0.3, 0.4) is 0 Å². The maximum atomic E-state index is 11.4. The zero-order valence-corrected chi connectivity index (χ0v) is 9.79. The Morgan fingerprint density at radius 3 is 3.00 bits per heavy atom. The maximum Gasteiger partial charge on any atom is 0.352 e. The standard InChI is InChI=1S/C11H13NO3S/c1-2-3-4-7-6-16-9-5-8(13)12(9)10(7)11(14)15/h3-4,9H,2,5-6H2,1H3,(H,14,15)/b4-3-/t9-/m1/s1. The largest absolute Gasteiger partial charge is 0.477 e. The molecule has 0 spiro atoms. The number of fused-ring (bicyclic) bond motifs is 1. The van der Waals surface area contributed by atoms with Crippen LogP contribution in [0.4, 0.5) is 0 Å². The van der Waals surface area contributed by atoms with E-state index in [1.54, 1.807) is 11.8 Å². The van der Waals surface area contributed by atoms with E-state index in [-0.39, 0.29) is 17.0 Å². The quantitative estimate of drug-likeness (QED) is 0.760. The van der Waals surface area contributed by atoms with E-state index >= 15 is 0 Å². The number of hydrogen-bond acceptors (Lipinski definition) is 3. The minimum absolute atomic E-state index is 0.0392. The van der Waals surface area contributed by atoms with Gasteiger partial charge in [0.05, 0.1) is 11.8 Å². The summed E-state index contributed by atoms with van der Waals surface area (Å²) in [6, 6.07) is 0. The van der Waals surface area contributed by atoms with Gasteiger partial charge in [-0.15, -0.1) is 11.8 Å². The molecule has 1 amide bonds. The average Bonchev–Trinajstić information content (AvgIpc) is 2.24. The Bertz CT molecular complexity index is 400. The SMILES string of the molecule is CC/C=C\C1=C(C(=O)O)N2C(=O)C[C@H]2SC1. The first kappa shape index (κ1) is 11.3. The Hall–Kier alpha value is -1.23. The van der Waals surface area contributed by atoms with Gasteiger partial charge in [-0.25, -0.2) is 4.79 Å². The molecule has 0 aromatic rings. The molecule has 1 N–H and O–H groups in total. The molecule has 2 aliphatic rings. The van der Waals surface area contributed by atoms with E-state index in [9.17, 15) is 9.59 Å². The molecule has 16 heavy (non-hydrogen) atoms. The highest BCUT2D eigenvalue weighted by Gasteiger charge is 2.44. The van der Waals surface area contributed by atoms with Crippen LogP contribution in [-0.4, -0.2) is 33.0 Å². The van der Waals surface area contributed by atoms with E-state index in [0.29, 0.717) is 12.2 Å². The summed E-state index contributed by atoms with van der Waals surface area (Å²) in [6.07, 6.45) is 5.06. The third kappa shape index (κ3) is 1.75. The van der Waals surface area contributed by atoms with Crippen molar-refractivity contribution < 1.29 is 14.7 Å². The molecule has 1 saturated heterocycles. The lowest BCUT2D eigenvalue weighted by molar-refractivity contribution is -0.146. The summed E-state index contributed by atoms with van der Waals surface area (Å²) < 4.78 is 0. The van der Waals surface area contributed by atoms with Crippen LogP contribution in [-0.2, 0) is 9.59 Å². The summed E-state index contributed by atoms with van der Waals surface area (Å²) in [6.45, 7) is 1.99. The smallest absolute Gasteiger partial charge is 0.352 e.